The Hall–Kier alpha value is -4.03. The standard InChI is InChI=1S/C24H17ClN6/c25-18-12-7-13-19(14-18)28-29-22-23(26)30-31-21(17-10-5-2-6-11-17)15-20(27-24(22)31)16-8-3-1-4-9-16/h1-15H,(H2,26,30). The van der Waals surface area contributed by atoms with Crippen LogP contribution in [0.4, 0.5) is 17.2 Å². The predicted octanol–water partition coefficient (Wildman–Crippen LogP) is 6.71. The van der Waals surface area contributed by atoms with Gasteiger partial charge in [0.05, 0.1) is 17.1 Å². The zero-order valence-corrected chi connectivity index (χ0v) is 17.1. The molecular formula is C24H17ClN6. The normalized spacial score (nSPS) is 11.4. The lowest BCUT2D eigenvalue weighted by Gasteiger charge is -2.08. The molecule has 0 spiro atoms. The smallest absolute Gasteiger partial charge is 0.186 e. The van der Waals surface area contributed by atoms with Crippen LogP contribution < -0.4 is 5.73 Å². The number of halogens is 1. The second-order valence-electron chi connectivity index (χ2n) is 6.91. The van der Waals surface area contributed by atoms with Crippen LogP contribution in [-0.4, -0.2) is 14.6 Å². The molecular weight excluding hydrogens is 408 g/mol. The van der Waals surface area contributed by atoms with Gasteiger partial charge >= 0.3 is 0 Å². The fourth-order valence-electron chi connectivity index (χ4n) is 3.34. The van der Waals surface area contributed by atoms with Crippen LogP contribution >= 0.6 is 11.6 Å². The van der Waals surface area contributed by atoms with Gasteiger partial charge in [0.2, 0.25) is 0 Å². The van der Waals surface area contributed by atoms with Gasteiger partial charge in [0.25, 0.3) is 0 Å². The number of anilines is 1. The number of hydrogen-bond donors (Lipinski definition) is 1. The minimum Gasteiger partial charge on any atom is -0.380 e. The molecule has 5 aromatic rings. The average Bonchev–Trinajstić information content (AvgIpc) is 3.13. The summed E-state index contributed by atoms with van der Waals surface area (Å²) in [6.07, 6.45) is 0. The number of rotatable bonds is 4. The van der Waals surface area contributed by atoms with Gasteiger partial charge in [0.15, 0.2) is 17.2 Å². The van der Waals surface area contributed by atoms with Gasteiger partial charge in [0, 0.05) is 16.1 Å². The van der Waals surface area contributed by atoms with E-state index in [1.165, 1.54) is 0 Å². The number of nitrogen functional groups attached to an aromatic ring is 1. The largest absolute Gasteiger partial charge is 0.380 e. The maximum atomic E-state index is 6.23. The molecule has 6 nitrogen and oxygen atoms in total. The van der Waals surface area contributed by atoms with E-state index in [1.54, 1.807) is 16.6 Å². The summed E-state index contributed by atoms with van der Waals surface area (Å²) in [6, 6.07) is 29.1. The van der Waals surface area contributed by atoms with Gasteiger partial charge in [-0.25, -0.2) is 9.50 Å². The van der Waals surface area contributed by atoms with Crippen LogP contribution in [0.25, 0.3) is 28.2 Å². The van der Waals surface area contributed by atoms with Crippen LogP contribution in [0.2, 0.25) is 5.02 Å². The molecule has 150 valence electrons. The third-order valence-electron chi connectivity index (χ3n) is 4.80. The van der Waals surface area contributed by atoms with E-state index < -0.39 is 0 Å². The van der Waals surface area contributed by atoms with Gasteiger partial charge in [-0.2, -0.15) is 5.11 Å². The highest BCUT2D eigenvalue weighted by molar-refractivity contribution is 6.30. The second-order valence-corrected chi connectivity index (χ2v) is 7.34. The van der Waals surface area contributed by atoms with E-state index in [4.69, 9.17) is 22.3 Å². The zero-order valence-electron chi connectivity index (χ0n) is 16.4. The number of benzene rings is 3. The Labute approximate surface area is 183 Å². The third-order valence-corrected chi connectivity index (χ3v) is 5.04. The minimum atomic E-state index is 0.251. The van der Waals surface area contributed by atoms with Crippen LogP contribution in [-0.2, 0) is 0 Å². The van der Waals surface area contributed by atoms with E-state index >= 15 is 0 Å². The molecule has 0 atom stereocenters. The first kappa shape index (κ1) is 19.0. The van der Waals surface area contributed by atoms with Gasteiger partial charge in [-0.15, -0.1) is 10.2 Å². The fraction of sp³-hybridized carbons (Fsp3) is 0. The number of nitrogens with two attached hydrogens (primary N) is 1. The number of hydrogen-bond acceptors (Lipinski definition) is 5. The van der Waals surface area contributed by atoms with Crippen LogP contribution in [0.15, 0.2) is 101 Å². The number of fused-ring (bicyclic) bond motifs is 1. The van der Waals surface area contributed by atoms with E-state index in [9.17, 15) is 0 Å². The molecule has 0 radical (unpaired) electrons. The highest BCUT2D eigenvalue weighted by Gasteiger charge is 2.17. The van der Waals surface area contributed by atoms with Crippen LogP contribution in [0.3, 0.4) is 0 Å². The summed E-state index contributed by atoms with van der Waals surface area (Å²) in [4.78, 5) is 4.82. The van der Waals surface area contributed by atoms with Crippen molar-refractivity contribution in [3.8, 4) is 22.5 Å². The quantitative estimate of drug-likeness (QED) is 0.325. The van der Waals surface area contributed by atoms with E-state index in [2.05, 4.69) is 15.3 Å². The predicted molar refractivity (Wildman–Crippen MR) is 124 cm³/mol. The molecule has 5 rings (SSSR count). The summed E-state index contributed by atoms with van der Waals surface area (Å²) in [5.41, 5.74) is 11.4. The van der Waals surface area contributed by atoms with Crippen molar-refractivity contribution in [1.82, 2.24) is 14.6 Å². The Morgan fingerprint density at radius 3 is 2.19 bits per heavy atom. The summed E-state index contributed by atoms with van der Waals surface area (Å²) < 4.78 is 1.71. The average molecular weight is 425 g/mol. The van der Waals surface area contributed by atoms with Gasteiger partial charge in [-0.05, 0) is 24.3 Å². The van der Waals surface area contributed by atoms with Crippen molar-refractivity contribution in [3.63, 3.8) is 0 Å². The van der Waals surface area contributed by atoms with Crippen molar-refractivity contribution in [2.75, 3.05) is 5.73 Å². The van der Waals surface area contributed by atoms with Gasteiger partial charge in [0.1, 0.15) is 0 Å². The molecule has 0 bridgehead atoms. The summed E-state index contributed by atoms with van der Waals surface area (Å²) in [7, 11) is 0. The highest BCUT2D eigenvalue weighted by Crippen LogP contribution is 2.34. The van der Waals surface area contributed by atoms with Crippen molar-refractivity contribution >= 4 is 34.4 Å². The molecule has 2 N–H and O–H groups in total. The van der Waals surface area contributed by atoms with E-state index in [0.717, 1.165) is 22.5 Å². The van der Waals surface area contributed by atoms with Crippen LogP contribution in [0.1, 0.15) is 0 Å². The highest BCUT2D eigenvalue weighted by atomic mass is 35.5. The second kappa shape index (κ2) is 8.01. The van der Waals surface area contributed by atoms with Crippen molar-refractivity contribution in [1.29, 1.82) is 0 Å². The molecule has 7 heteroatoms. The summed E-state index contributed by atoms with van der Waals surface area (Å²) in [6.45, 7) is 0. The van der Waals surface area contributed by atoms with E-state index in [1.807, 2.05) is 78.9 Å². The Balaban J connectivity index is 1.73. The fourth-order valence-corrected chi connectivity index (χ4v) is 3.52. The molecule has 0 fully saturated rings. The number of azo groups is 1. The molecule has 0 saturated carbocycles. The van der Waals surface area contributed by atoms with Gasteiger partial charge in [-0.3, -0.25) is 0 Å². The molecule has 0 aliphatic carbocycles. The van der Waals surface area contributed by atoms with Crippen LogP contribution in [0, 0.1) is 0 Å². The molecule has 2 heterocycles. The molecule has 3 aromatic carbocycles. The Bertz CT molecular complexity index is 1390. The molecule has 2 aromatic heterocycles. The maximum absolute atomic E-state index is 6.23. The summed E-state index contributed by atoms with van der Waals surface area (Å²) >= 11 is 6.05. The Morgan fingerprint density at radius 2 is 1.48 bits per heavy atom. The van der Waals surface area contributed by atoms with E-state index in [0.29, 0.717) is 22.0 Å². The van der Waals surface area contributed by atoms with Gasteiger partial charge < -0.3 is 5.73 Å². The first-order valence-electron chi connectivity index (χ1n) is 9.66. The molecule has 31 heavy (non-hydrogen) atoms. The SMILES string of the molecule is Nc1nn2c(-c3ccccc3)cc(-c3ccccc3)nc2c1N=Nc1cccc(Cl)c1. The molecule has 0 saturated heterocycles. The topological polar surface area (TPSA) is 80.9 Å². The minimum absolute atomic E-state index is 0.251. The van der Waals surface area contributed by atoms with Crippen LogP contribution in [0.5, 0.6) is 0 Å². The van der Waals surface area contributed by atoms with Crippen molar-refractivity contribution in [2.24, 2.45) is 10.2 Å². The first-order valence-corrected chi connectivity index (χ1v) is 10.0. The third kappa shape index (κ3) is 3.76. The molecule has 0 unspecified atom stereocenters. The monoisotopic (exact) mass is 424 g/mol. The van der Waals surface area contributed by atoms with E-state index in [-0.39, 0.29) is 5.82 Å². The summed E-state index contributed by atoms with van der Waals surface area (Å²) in [5, 5.41) is 13.8. The summed E-state index contributed by atoms with van der Waals surface area (Å²) in [5.74, 6) is 0.251. The molecule has 0 aliphatic rings. The van der Waals surface area contributed by atoms with Gasteiger partial charge in [-0.1, -0.05) is 78.3 Å². The Kier molecular flexibility index (Phi) is 4.90. The maximum Gasteiger partial charge on any atom is 0.186 e. The van der Waals surface area contributed by atoms with Crippen molar-refractivity contribution < 1.29 is 0 Å². The zero-order chi connectivity index (χ0) is 21.2. The molecule has 0 amide bonds. The number of aromatic nitrogens is 3. The lowest BCUT2D eigenvalue weighted by Crippen LogP contribution is -1.98. The first-order chi connectivity index (χ1) is 15.2. The van der Waals surface area contributed by atoms with Crippen molar-refractivity contribution in [2.45, 2.75) is 0 Å². The van der Waals surface area contributed by atoms with Crippen molar-refractivity contribution in [3.05, 3.63) is 96.0 Å². The Morgan fingerprint density at radius 1 is 0.774 bits per heavy atom. The lowest BCUT2D eigenvalue weighted by molar-refractivity contribution is 0.955. The molecule has 0 aliphatic heterocycles. The number of nitrogens with zero attached hydrogens (tertiary/aromatic N) is 5. The lowest BCUT2D eigenvalue weighted by atomic mass is 10.1.